The normalized spacial score (nSPS) is 11.6. The minimum Gasteiger partial charge on any atom is -0.491 e. The molecule has 34 heavy (non-hydrogen) atoms. The van der Waals surface area contributed by atoms with Gasteiger partial charge in [0.05, 0.1) is 29.1 Å². The fourth-order valence-corrected chi connectivity index (χ4v) is 5.08. The molecule has 0 atom stereocenters. The van der Waals surface area contributed by atoms with Crippen molar-refractivity contribution in [2.45, 2.75) is 39.2 Å². The van der Waals surface area contributed by atoms with Crippen molar-refractivity contribution in [1.29, 1.82) is 5.26 Å². The van der Waals surface area contributed by atoms with Gasteiger partial charge in [0.2, 0.25) is 10.0 Å². The van der Waals surface area contributed by atoms with Crippen molar-refractivity contribution in [2.24, 2.45) is 0 Å². The first kappa shape index (κ1) is 25.8. The van der Waals surface area contributed by atoms with Crippen LogP contribution in [0.25, 0.3) is 0 Å². The zero-order valence-corrected chi connectivity index (χ0v) is 21.8. The van der Waals surface area contributed by atoms with Crippen LogP contribution in [0.1, 0.15) is 49.6 Å². The Bertz CT molecular complexity index is 1300. The number of benzene rings is 2. The molecule has 3 aromatic rings. The summed E-state index contributed by atoms with van der Waals surface area (Å²) in [5.41, 5.74) is 2.55. The van der Waals surface area contributed by atoms with Crippen molar-refractivity contribution in [3.05, 3.63) is 69.2 Å². The van der Waals surface area contributed by atoms with Crippen LogP contribution in [0.3, 0.4) is 0 Å². The number of rotatable bonds is 10. The Balaban J connectivity index is 1.73. The van der Waals surface area contributed by atoms with Crippen LogP contribution in [0.2, 0.25) is 5.02 Å². The van der Waals surface area contributed by atoms with Crippen molar-refractivity contribution in [1.82, 2.24) is 4.98 Å². The SMILES string of the molecule is CCCOc1c(Cl)cc(C(C)(C)c2ccc(OCc3csc(NS(C)(=O)=O)n3)cc2)cc1C#N. The van der Waals surface area contributed by atoms with Gasteiger partial charge in [0.1, 0.15) is 18.4 Å². The monoisotopic (exact) mass is 519 g/mol. The highest BCUT2D eigenvalue weighted by atomic mass is 35.5. The van der Waals surface area contributed by atoms with Gasteiger partial charge in [0.15, 0.2) is 10.9 Å². The molecular weight excluding hydrogens is 494 g/mol. The Morgan fingerprint density at radius 2 is 1.88 bits per heavy atom. The number of nitrogens with zero attached hydrogens (tertiary/aromatic N) is 2. The van der Waals surface area contributed by atoms with Gasteiger partial charge in [-0.25, -0.2) is 13.4 Å². The van der Waals surface area contributed by atoms with Gasteiger partial charge in [-0.2, -0.15) is 5.26 Å². The summed E-state index contributed by atoms with van der Waals surface area (Å²) in [4.78, 5) is 4.21. The third-order valence-corrected chi connectivity index (χ3v) is 6.90. The lowest BCUT2D eigenvalue weighted by Crippen LogP contribution is -2.19. The molecule has 0 radical (unpaired) electrons. The van der Waals surface area contributed by atoms with Gasteiger partial charge in [-0.15, -0.1) is 11.3 Å². The third kappa shape index (κ3) is 6.41. The summed E-state index contributed by atoms with van der Waals surface area (Å²) < 4.78 is 36.5. The molecule has 1 heterocycles. The molecule has 10 heteroatoms. The Labute approximate surface area is 209 Å². The van der Waals surface area contributed by atoms with Crippen molar-refractivity contribution >= 4 is 38.1 Å². The van der Waals surface area contributed by atoms with Crippen LogP contribution in [0, 0.1) is 11.3 Å². The summed E-state index contributed by atoms with van der Waals surface area (Å²) in [6.07, 6.45) is 1.90. The summed E-state index contributed by atoms with van der Waals surface area (Å²) in [6, 6.07) is 13.5. The molecule has 0 fully saturated rings. The van der Waals surface area contributed by atoms with Gasteiger partial charge < -0.3 is 9.47 Å². The molecular formula is C24H26ClN3O4S2. The Hall–Kier alpha value is -2.80. The number of ether oxygens (including phenoxy) is 2. The second-order valence-electron chi connectivity index (χ2n) is 8.25. The summed E-state index contributed by atoms with van der Waals surface area (Å²) in [6.45, 7) is 6.83. The number of nitriles is 1. The van der Waals surface area contributed by atoms with E-state index in [-0.39, 0.29) is 6.61 Å². The first-order chi connectivity index (χ1) is 16.0. The van der Waals surface area contributed by atoms with Crippen LogP contribution >= 0.6 is 22.9 Å². The van der Waals surface area contributed by atoms with E-state index in [0.717, 1.165) is 23.8 Å². The molecule has 180 valence electrons. The molecule has 0 aliphatic rings. The number of hydrogen-bond donors (Lipinski definition) is 1. The maximum atomic E-state index is 11.3. The van der Waals surface area contributed by atoms with Gasteiger partial charge >= 0.3 is 0 Å². The molecule has 3 rings (SSSR count). The summed E-state index contributed by atoms with van der Waals surface area (Å²) >= 11 is 7.67. The minimum absolute atomic E-state index is 0.213. The molecule has 7 nitrogen and oxygen atoms in total. The number of halogens is 1. The maximum absolute atomic E-state index is 11.3. The highest BCUT2D eigenvalue weighted by Gasteiger charge is 2.26. The van der Waals surface area contributed by atoms with E-state index >= 15 is 0 Å². The van der Waals surface area contributed by atoms with Gasteiger partial charge in [-0.05, 0) is 41.8 Å². The first-order valence-corrected chi connectivity index (χ1v) is 13.7. The first-order valence-electron chi connectivity index (χ1n) is 10.6. The lowest BCUT2D eigenvalue weighted by Gasteiger charge is -2.27. The fraction of sp³-hybridized carbons (Fsp3) is 0.333. The number of hydrogen-bond acceptors (Lipinski definition) is 7. The third-order valence-electron chi connectivity index (χ3n) is 5.12. The van der Waals surface area contributed by atoms with Crippen LogP contribution in [-0.4, -0.2) is 26.3 Å². The fourth-order valence-electron chi connectivity index (χ4n) is 3.26. The van der Waals surface area contributed by atoms with Crippen molar-refractivity contribution in [3.63, 3.8) is 0 Å². The number of thiazole rings is 1. The standard InChI is InChI=1S/C24H26ClN3O4S2/c1-5-10-31-22-16(13-26)11-18(12-21(22)25)24(2,3)17-6-8-20(9-7-17)32-14-19-15-33-23(27-19)28-34(4,29)30/h6-9,11-12,15H,5,10,14H2,1-4H3,(H,27,28). The molecule has 0 unspecified atom stereocenters. The van der Waals surface area contributed by atoms with E-state index in [2.05, 4.69) is 29.6 Å². The largest absolute Gasteiger partial charge is 0.491 e. The van der Waals surface area contributed by atoms with Crippen molar-refractivity contribution in [2.75, 3.05) is 17.6 Å². The predicted octanol–water partition coefficient (Wildman–Crippen LogP) is 5.73. The van der Waals surface area contributed by atoms with E-state index in [0.29, 0.717) is 39.5 Å². The number of anilines is 1. The van der Waals surface area contributed by atoms with Crippen molar-refractivity contribution in [3.8, 4) is 17.6 Å². The molecule has 1 aromatic heterocycles. The van der Waals surface area contributed by atoms with E-state index in [1.807, 2.05) is 43.3 Å². The topological polar surface area (TPSA) is 101 Å². The number of aromatic nitrogens is 1. The van der Waals surface area contributed by atoms with E-state index in [1.165, 1.54) is 11.3 Å². The summed E-state index contributed by atoms with van der Waals surface area (Å²) in [5, 5.41) is 12.1. The van der Waals surface area contributed by atoms with Gasteiger partial charge in [0.25, 0.3) is 0 Å². The second kappa shape index (κ2) is 10.6. The Morgan fingerprint density at radius 3 is 2.50 bits per heavy atom. The highest BCUT2D eigenvalue weighted by molar-refractivity contribution is 7.92. The molecule has 0 aliphatic heterocycles. The predicted molar refractivity (Wildman–Crippen MR) is 135 cm³/mol. The molecule has 0 saturated carbocycles. The molecule has 1 N–H and O–H groups in total. The number of nitrogens with one attached hydrogen (secondary N) is 1. The average molecular weight is 520 g/mol. The lowest BCUT2D eigenvalue weighted by molar-refractivity contribution is 0.302. The van der Waals surface area contributed by atoms with Gasteiger partial charge in [-0.3, -0.25) is 4.72 Å². The zero-order chi connectivity index (χ0) is 24.9. The highest BCUT2D eigenvalue weighted by Crippen LogP contribution is 2.38. The molecule has 0 aliphatic carbocycles. The van der Waals surface area contributed by atoms with Gasteiger partial charge in [-0.1, -0.05) is 44.5 Å². The maximum Gasteiger partial charge on any atom is 0.231 e. The smallest absolute Gasteiger partial charge is 0.231 e. The molecule has 2 aromatic carbocycles. The second-order valence-corrected chi connectivity index (χ2v) is 11.3. The minimum atomic E-state index is -3.36. The average Bonchev–Trinajstić information content (AvgIpc) is 3.22. The van der Waals surface area contributed by atoms with E-state index < -0.39 is 15.4 Å². The van der Waals surface area contributed by atoms with Crippen molar-refractivity contribution < 1.29 is 17.9 Å². The molecule has 0 spiro atoms. The van der Waals surface area contributed by atoms with E-state index in [4.69, 9.17) is 21.1 Å². The molecule has 0 amide bonds. The summed E-state index contributed by atoms with van der Waals surface area (Å²) in [7, 11) is -3.36. The molecule has 0 saturated heterocycles. The van der Waals surface area contributed by atoms with Gasteiger partial charge in [0, 0.05) is 10.8 Å². The van der Waals surface area contributed by atoms with Crippen LogP contribution in [-0.2, 0) is 22.0 Å². The zero-order valence-electron chi connectivity index (χ0n) is 19.4. The Morgan fingerprint density at radius 1 is 1.18 bits per heavy atom. The molecule has 0 bridgehead atoms. The number of sulfonamides is 1. The van der Waals surface area contributed by atoms with E-state index in [9.17, 15) is 13.7 Å². The lowest BCUT2D eigenvalue weighted by atomic mass is 9.77. The quantitative estimate of drug-likeness (QED) is 0.367. The summed E-state index contributed by atoms with van der Waals surface area (Å²) in [5.74, 6) is 1.08. The van der Waals surface area contributed by atoms with Crippen LogP contribution in [0.4, 0.5) is 5.13 Å². The van der Waals surface area contributed by atoms with Crippen LogP contribution in [0.5, 0.6) is 11.5 Å². The van der Waals surface area contributed by atoms with Crippen LogP contribution in [0.15, 0.2) is 41.8 Å². The van der Waals surface area contributed by atoms with E-state index in [1.54, 1.807) is 5.38 Å². The Kier molecular flexibility index (Phi) is 8.08. The van der Waals surface area contributed by atoms with Crippen LogP contribution < -0.4 is 14.2 Å².